The maximum atomic E-state index is 15.1. The molecule has 4 rings (SSSR count). The minimum Gasteiger partial charge on any atom is -0.396 e. The Labute approximate surface area is 184 Å². The lowest BCUT2D eigenvalue weighted by atomic mass is 9.73. The molecular formula is C23H27F5N4. The number of nitrogens with zero attached hydrogens (tertiary/aromatic N) is 3. The van der Waals surface area contributed by atoms with Gasteiger partial charge in [0, 0.05) is 24.2 Å². The van der Waals surface area contributed by atoms with Crippen molar-refractivity contribution in [3.8, 4) is 0 Å². The monoisotopic (exact) mass is 454 g/mol. The second-order valence-electron chi connectivity index (χ2n) is 9.31. The molecule has 0 saturated carbocycles. The average molecular weight is 454 g/mol. The third kappa shape index (κ3) is 4.01. The smallest absolute Gasteiger partial charge is 0.396 e. The second kappa shape index (κ2) is 8.15. The summed E-state index contributed by atoms with van der Waals surface area (Å²) in [5.41, 5.74) is 4.92. The van der Waals surface area contributed by atoms with Crippen LogP contribution in [-0.4, -0.2) is 23.1 Å². The summed E-state index contributed by atoms with van der Waals surface area (Å²) in [7, 11) is 0. The van der Waals surface area contributed by atoms with Gasteiger partial charge in [-0.2, -0.15) is 22.5 Å². The van der Waals surface area contributed by atoms with Crippen LogP contribution >= 0.6 is 0 Å². The van der Waals surface area contributed by atoms with Crippen molar-refractivity contribution in [2.24, 2.45) is 11.8 Å². The van der Waals surface area contributed by atoms with E-state index in [1.165, 1.54) is 6.92 Å². The number of benzene rings is 1. The van der Waals surface area contributed by atoms with Crippen LogP contribution < -0.4 is 10.6 Å². The largest absolute Gasteiger partial charge is 0.417 e. The zero-order valence-corrected chi connectivity index (χ0v) is 18.4. The highest BCUT2D eigenvalue weighted by Gasteiger charge is 2.42. The average Bonchev–Trinajstić information content (AvgIpc) is 2.69. The van der Waals surface area contributed by atoms with Crippen molar-refractivity contribution in [3.63, 3.8) is 0 Å². The highest BCUT2D eigenvalue weighted by Crippen LogP contribution is 2.47. The van der Waals surface area contributed by atoms with Crippen LogP contribution in [0, 0.1) is 30.7 Å². The Morgan fingerprint density at radius 1 is 1.12 bits per heavy atom. The molecule has 3 atom stereocenters. The number of fused-ring (bicyclic) bond motifs is 1. The summed E-state index contributed by atoms with van der Waals surface area (Å²) in [6.07, 6.45) is -3.27. The molecule has 1 fully saturated rings. The molecular weight excluding hydrogens is 427 g/mol. The number of alkyl halides is 3. The van der Waals surface area contributed by atoms with Crippen LogP contribution in [0.25, 0.3) is 0 Å². The molecule has 1 aliphatic heterocycles. The molecule has 4 nitrogen and oxygen atoms in total. The van der Waals surface area contributed by atoms with E-state index in [4.69, 9.17) is 5.73 Å². The normalized spacial score (nSPS) is 23.9. The SMILES string of the molecule is Cc1cc(N)c(F)c(C2Cc3nc(F)nc(N4CCCC(C)C4)c3CC2C)c1C(F)(F)F. The quantitative estimate of drug-likeness (QED) is 0.374. The molecule has 0 amide bonds. The van der Waals surface area contributed by atoms with E-state index in [1.54, 1.807) is 6.92 Å². The van der Waals surface area contributed by atoms with E-state index in [0.717, 1.165) is 37.6 Å². The molecule has 1 aromatic heterocycles. The van der Waals surface area contributed by atoms with Crippen molar-refractivity contribution in [1.82, 2.24) is 9.97 Å². The van der Waals surface area contributed by atoms with E-state index < -0.39 is 35.1 Å². The zero-order chi connectivity index (χ0) is 23.4. The van der Waals surface area contributed by atoms with Gasteiger partial charge in [0.1, 0.15) is 11.6 Å². The Balaban J connectivity index is 1.81. The molecule has 1 aromatic carbocycles. The number of hydrogen-bond acceptors (Lipinski definition) is 4. The van der Waals surface area contributed by atoms with Crippen LogP contribution in [0.3, 0.4) is 0 Å². The number of rotatable bonds is 2. The van der Waals surface area contributed by atoms with Crippen molar-refractivity contribution in [2.45, 2.75) is 58.5 Å². The molecule has 9 heteroatoms. The van der Waals surface area contributed by atoms with Crippen LogP contribution in [0.2, 0.25) is 0 Å². The summed E-state index contributed by atoms with van der Waals surface area (Å²) in [6, 6.07) is 1.01. The first-order valence-electron chi connectivity index (χ1n) is 10.9. The first-order valence-corrected chi connectivity index (χ1v) is 10.9. The van der Waals surface area contributed by atoms with Gasteiger partial charge < -0.3 is 10.6 Å². The highest BCUT2D eigenvalue weighted by molar-refractivity contribution is 5.56. The zero-order valence-electron chi connectivity index (χ0n) is 18.4. The van der Waals surface area contributed by atoms with Gasteiger partial charge in [0.15, 0.2) is 0 Å². The Morgan fingerprint density at radius 3 is 2.50 bits per heavy atom. The Kier molecular flexibility index (Phi) is 5.79. The number of anilines is 2. The maximum absolute atomic E-state index is 15.1. The van der Waals surface area contributed by atoms with Crippen LogP contribution in [0.4, 0.5) is 33.5 Å². The van der Waals surface area contributed by atoms with E-state index in [1.807, 2.05) is 4.90 Å². The van der Waals surface area contributed by atoms with Gasteiger partial charge in [-0.25, -0.2) is 9.37 Å². The van der Waals surface area contributed by atoms with Crippen LogP contribution in [0.15, 0.2) is 6.07 Å². The van der Waals surface area contributed by atoms with Crippen LogP contribution in [-0.2, 0) is 19.0 Å². The number of nitrogens with two attached hydrogens (primary N) is 1. The van der Waals surface area contributed by atoms with Gasteiger partial charge in [0.05, 0.1) is 16.9 Å². The lowest BCUT2D eigenvalue weighted by molar-refractivity contribution is -0.139. The summed E-state index contributed by atoms with van der Waals surface area (Å²) in [5, 5.41) is 0. The van der Waals surface area contributed by atoms with E-state index >= 15 is 4.39 Å². The molecule has 2 N–H and O–H groups in total. The summed E-state index contributed by atoms with van der Waals surface area (Å²) >= 11 is 0. The molecule has 2 aromatic rings. The highest BCUT2D eigenvalue weighted by atomic mass is 19.4. The Bertz CT molecular complexity index is 1040. The lowest BCUT2D eigenvalue weighted by Crippen LogP contribution is -2.37. The summed E-state index contributed by atoms with van der Waals surface area (Å²) < 4.78 is 71.2. The van der Waals surface area contributed by atoms with Crippen molar-refractivity contribution in [2.75, 3.05) is 23.7 Å². The minimum atomic E-state index is -4.74. The molecule has 1 aliphatic carbocycles. The predicted molar refractivity (Wildman–Crippen MR) is 112 cm³/mol. The van der Waals surface area contributed by atoms with Gasteiger partial charge in [-0.15, -0.1) is 0 Å². The van der Waals surface area contributed by atoms with Gasteiger partial charge in [-0.05, 0) is 62.0 Å². The molecule has 0 radical (unpaired) electrons. The third-order valence-electron chi connectivity index (χ3n) is 6.81. The third-order valence-corrected chi connectivity index (χ3v) is 6.81. The molecule has 2 heterocycles. The number of hydrogen-bond donors (Lipinski definition) is 1. The number of aryl methyl sites for hydroxylation is 1. The molecule has 0 spiro atoms. The summed E-state index contributed by atoms with van der Waals surface area (Å²) in [6.45, 7) is 6.67. The Morgan fingerprint density at radius 2 is 1.84 bits per heavy atom. The predicted octanol–water partition coefficient (Wildman–Crippen LogP) is 5.42. The first kappa shape index (κ1) is 22.7. The van der Waals surface area contributed by atoms with E-state index in [2.05, 4.69) is 16.9 Å². The maximum Gasteiger partial charge on any atom is 0.417 e. The van der Waals surface area contributed by atoms with E-state index in [0.29, 0.717) is 23.9 Å². The van der Waals surface area contributed by atoms with Gasteiger partial charge in [0.25, 0.3) is 0 Å². The molecule has 32 heavy (non-hydrogen) atoms. The van der Waals surface area contributed by atoms with Gasteiger partial charge in [-0.3, -0.25) is 0 Å². The first-order chi connectivity index (χ1) is 15.0. The van der Waals surface area contributed by atoms with E-state index in [9.17, 15) is 17.6 Å². The van der Waals surface area contributed by atoms with Gasteiger partial charge >= 0.3 is 12.3 Å². The number of halogens is 5. The Hall–Kier alpha value is -2.45. The molecule has 3 unspecified atom stereocenters. The van der Waals surface area contributed by atoms with Crippen LogP contribution in [0.5, 0.6) is 0 Å². The molecule has 1 saturated heterocycles. The van der Waals surface area contributed by atoms with Crippen molar-refractivity contribution < 1.29 is 22.0 Å². The number of nitrogen functional groups attached to an aromatic ring is 1. The summed E-state index contributed by atoms with van der Waals surface area (Å²) in [5.74, 6) is -1.27. The van der Waals surface area contributed by atoms with Gasteiger partial charge in [-0.1, -0.05) is 13.8 Å². The minimum absolute atomic E-state index is 0.00474. The van der Waals surface area contributed by atoms with Gasteiger partial charge in [0.2, 0.25) is 0 Å². The second-order valence-corrected chi connectivity index (χ2v) is 9.31. The van der Waals surface area contributed by atoms with Crippen molar-refractivity contribution in [3.05, 3.63) is 45.9 Å². The molecule has 174 valence electrons. The summed E-state index contributed by atoms with van der Waals surface area (Å²) in [4.78, 5) is 10.0. The standard InChI is InChI=1S/C23H27F5N4/c1-11-5-4-6-32(10-11)21-15-7-12(2)14(9-17(15)30-22(25)31-21)18-19(23(26,27)28)13(3)8-16(29)20(18)24/h8,11-12,14H,4-7,9-10,29H2,1-3H3. The fraction of sp³-hybridized carbons (Fsp3) is 0.565. The molecule has 2 aliphatic rings. The number of aromatic nitrogens is 2. The fourth-order valence-corrected chi connectivity index (χ4v) is 5.34. The number of piperidine rings is 1. The fourth-order valence-electron chi connectivity index (χ4n) is 5.34. The topological polar surface area (TPSA) is 55.0 Å². The molecule has 0 bridgehead atoms. The van der Waals surface area contributed by atoms with Crippen molar-refractivity contribution in [1.29, 1.82) is 0 Å². The van der Waals surface area contributed by atoms with Crippen LogP contribution in [0.1, 0.15) is 60.6 Å². The lowest BCUT2D eigenvalue weighted by Gasteiger charge is -2.37. The van der Waals surface area contributed by atoms with E-state index in [-0.39, 0.29) is 23.6 Å². The van der Waals surface area contributed by atoms with Crippen molar-refractivity contribution >= 4 is 11.5 Å².